The van der Waals surface area contributed by atoms with Crippen LogP contribution in [0.1, 0.15) is 51.3 Å². The van der Waals surface area contributed by atoms with E-state index in [1.807, 2.05) is 38.2 Å². The molecule has 0 bridgehead atoms. The lowest BCUT2D eigenvalue weighted by atomic mass is 10.1. The summed E-state index contributed by atoms with van der Waals surface area (Å²) in [5, 5.41) is 15.4. The Balaban J connectivity index is 0.00000259. The van der Waals surface area contributed by atoms with Crippen molar-refractivity contribution < 1.29 is 4.42 Å². The Morgan fingerprint density at radius 1 is 1.33 bits per heavy atom. The zero-order valence-electron chi connectivity index (χ0n) is 17.4. The van der Waals surface area contributed by atoms with E-state index in [2.05, 4.69) is 50.9 Å². The molecule has 1 N–H and O–H groups in total. The molecule has 3 aromatic heterocycles. The van der Waals surface area contributed by atoms with Crippen LogP contribution in [0.3, 0.4) is 0 Å². The van der Waals surface area contributed by atoms with Crippen molar-refractivity contribution in [1.29, 1.82) is 0 Å². The highest BCUT2D eigenvalue weighted by Gasteiger charge is 2.29. The third-order valence-electron chi connectivity index (χ3n) is 5.27. The number of nitrogens with zero attached hydrogens (tertiary/aromatic N) is 6. The monoisotopic (exact) mass is 577 g/mol. The minimum Gasteiger partial charge on any atom is -0.403 e. The molecule has 0 saturated heterocycles. The molecule has 1 saturated carbocycles. The number of hydrogen-bond acceptors (Lipinski definition) is 9. The summed E-state index contributed by atoms with van der Waals surface area (Å²) >= 11 is 2.25. The normalized spacial score (nSPS) is 13.3. The first kappa shape index (κ1) is 23.6. The molecule has 4 aromatic rings. The van der Waals surface area contributed by atoms with Gasteiger partial charge in [0.1, 0.15) is 6.54 Å². The number of nitroso groups, excluding NO2 is 1. The van der Waals surface area contributed by atoms with Gasteiger partial charge in [-0.05, 0) is 44.9 Å². The summed E-state index contributed by atoms with van der Waals surface area (Å²) in [6, 6.07) is 6.63. The van der Waals surface area contributed by atoms with E-state index in [1.54, 1.807) is 15.3 Å². The molecule has 1 aromatic carbocycles. The maximum absolute atomic E-state index is 10.8. The van der Waals surface area contributed by atoms with Crippen molar-refractivity contribution in [3.63, 3.8) is 0 Å². The lowest BCUT2D eigenvalue weighted by Gasteiger charge is -2.07. The van der Waals surface area contributed by atoms with Crippen molar-refractivity contribution in [1.82, 2.24) is 24.1 Å². The second-order valence-corrected chi connectivity index (χ2v) is 9.76. The fraction of sp³-hybridized carbons (Fsp3) is 0.364. The van der Waals surface area contributed by atoms with Crippen LogP contribution in [0.15, 0.2) is 40.2 Å². The van der Waals surface area contributed by atoms with E-state index < -0.39 is 0 Å². The fourth-order valence-corrected chi connectivity index (χ4v) is 5.02. The van der Waals surface area contributed by atoms with Crippen LogP contribution in [0.4, 0.5) is 6.01 Å². The van der Waals surface area contributed by atoms with Crippen LogP contribution >= 0.6 is 30.3 Å². The molecule has 172 valence electrons. The maximum Gasteiger partial charge on any atom is 0.315 e. The van der Waals surface area contributed by atoms with Gasteiger partial charge < -0.3 is 9.73 Å². The molecule has 0 unspecified atom stereocenters. The predicted molar refractivity (Wildman–Crippen MR) is 140 cm³/mol. The van der Waals surface area contributed by atoms with Crippen LogP contribution < -0.4 is 5.32 Å². The van der Waals surface area contributed by atoms with E-state index >= 15 is 0 Å². The topological polar surface area (TPSA) is 111 Å². The first-order valence-corrected chi connectivity index (χ1v) is 13.6. The van der Waals surface area contributed by atoms with E-state index in [1.165, 1.54) is 0 Å². The van der Waals surface area contributed by atoms with Gasteiger partial charge in [0, 0.05) is 76.8 Å². The number of rotatable bonds is 8. The molecular weight excluding hydrogens is 553 g/mol. The number of halogens is 1. The van der Waals surface area contributed by atoms with Gasteiger partial charge in [-0.25, -0.2) is 9.97 Å². The predicted octanol–water partition coefficient (Wildman–Crippen LogP) is 6.59. The van der Waals surface area contributed by atoms with Crippen LogP contribution in [0, 0.1) is 4.91 Å². The van der Waals surface area contributed by atoms with Gasteiger partial charge in [-0.2, -0.15) is 4.91 Å². The largest absolute Gasteiger partial charge is 0.403 e. The van der Waals surface area contributed by atoms with E-state index in [-0.39, 0.29) is 20.0 Å². The Labute approximate surface area is 207 Å². The first-order chi connectivity index (χ1) is 15.6. The highest BCUT2D eigenvalue weighted by Crippen LogP contribution is 2.42. The molecule has 0 spiro atoms. The summed E-state index contributed by atoms with van der Waals surface area (Å²) in [6.45, 7) is 4.13. The Morgan fingerprint density at radius 2 is 2.15 bits per heavy atom. The fourth-order valence-electron chi connectivity index (χ4n) is 3.67. The van der Waals surface area contributed by atoms with Crippen molar-refractivity contribution in [3.05, 3.63) is 46.8 Å². The second-order valence-electron chi connectivity index (χ2n) is 8.05. The lowest BCUT2D eigenvalue weighted by molar-refractivity contribution is 0.574. The number of benzene rings is 1. The Hall–Kier alpha value is -2.54. The first-order valence-electron chi connectivity index (χ1n) is 10.3. The lowest BCUT2D eigenvalue weighted by Crippen LogP contribution is -2.09. The third kappa shape index (κ3) is 4.74. The molecule has 1 fully saturated rings. The van der Waals surface area contributed by atoms with E-state index in [9.17, 15) is 4.91 Å². The highest BCUT2D eigenvalue weighted by molar-refractivity contribution is 14.2. The van der Waals surface area contributed by atoms with Crippen LogP contribution in [0.5, 0.6) is 0 Å². The summed E-state index contributed by atoms with van der Waals surface area (Å²) in [5.74, 6) is 1.48. The van der Waals surface area contributed by atoms with Crippen molar-refractivity contribution in [2.45, 2.75) is 52.6 Å². The van der Waals surface area contributed by atoms with Crippen molar-refractivity contribution in [2.24, 2.45) is 5.18 Å². The van der Waals surface area contributed by atoms with Gasteiger partial charge in [0.25, 0.3) is 0 Å². The molecular formula is C22H24IN7O2S. The summed E-state index contributed by atoms with van der Waals surface area (Å²) in [6.07, 6.45) is 5.95. The molecule has 0 aliphatic heterocycles. The van der Waals surface area contributed by atoms with E-state index in [4.69, 9.17) is 9.40 Å². The highest BCUT2D eigenvalue weighted by atomic mass is 127. The number of aromatic nitrogens is 5. The van der Waals surface area contributed by atoms with Crippen molar-refractivity contribution in [2.75, 3.05) is 5.32 Å². The molecule has 33 heavy (non-hydrogen) atoms. The van der Waals surface area contributed by atoms with Crippen LogP contribution in [-0.4, -0.2) is 30.2 Å². The minimum atomic E-state index is 0. The van der Waals surface area contributed by atoms with Gasteiger partial charge in [-0.3, -0.25) is 3.97 Å². The molecule has 9 nitrogen and oxygen atoms in total. The Bertz CT molecular complexity index is 1300. The molecule has 5 rings (SSSR count). The van der Waals surface area contributed by atoms with Crippen LogP contribution in [-0.2, 0) is 6.54 Å². The van der Waals surface area contributed by atoms with Gasteiger partial charge in [-0.1, -0.05) is 17.7 Å². The van der Waals surface area contributed by atoms with Gasteiger partial charge in [0.2, 0.25) is 5.89 Å². The van der Waals surface area contributed by atoms with Crippen molar-refractivity contribution in [3.8, 4) is 22.8 Å². The molecule has 0 atom stereocenters. The molecule has 1 aliphatic rings. The molecule has 3 heterocycles. The number of hydrogen-bond donors (Lipinski definition) is 1. The summed E-state index contributed by atoms with van der Waals surface area (Å²) in [4.78, 5) is 20.3. The van der Waals surface area contributed by atoms with Gasteiger partial charge in [0.05, 0.1) is 11.2 Å². The minimum absolute atomic E-state index is 0. The molecule has 1 aliphatic carbocycles. The third-order valence-corrected chi connectivity index (χ3v) is 6.99. The molecule has 11 heteroatoms. The van der Waals surface area contributed by atoms with Crippen molar-refractivity contribution >= 4 is 47.2 Å². The number of nitrogens with one attached hydrogen (secondary N) is 1. The zero-order valence-corrected chi connectivity index (χ0v) is 20.4. The average Bonchev–Trinajstić information content (AvgIpc) is 3.42. The Kier molecular flexibility index (Phi) is 6.98. The summed E-state index contributed by atoms with van der Waals surface area (Å²) in [7, 11) is 1.57. The number of anilines is 1. The van der Waals surface area contributed by atoms with Gasteiger partial charge in [0.15, 0.2) is 5.82 Å². The standard InChI is InChI=1S/C21H20IN7O2S.CH4/c1-11(2)25-21-28-27-20(31-21)13-5-6-17-15(7-13)16(10-29(17)32-22)19-23-8-14(9-24-30)18(26-19)12-3-4-12;/h5-8,10-12H,3-4,9H2,1-2H3,(H,25,28);1H4. The van der Waals surface area contributed by atoms with E-state index in [0.29, 0.717) is 23.6 Å². The molecule has 0 amide bonds. The molecule has 0 radical (unpaired) electrons. The van der Waals surface area contributed by atoms with Crippen LogP contribution in [0.2, 0.25) is 0 Å². The number of fused-ring (bicyclic) bond motifs is 1. The second kappa shape index (κ2) is 9.75. The average molecular weight is 577 g/mol. The summed E-state index contributed by atoms with van der Waals surface area (Å²) < 4.78 is 7.87. The van der Waals surface area contributed by atoms with E-state index in [0.717, 1.165) is 46.1 Å². The van der Waals surface area contributed by atoms with Crippen LogP contribution in [0.25, 0.3) is 33.7 Å². The maximum atomic E-state index is 10.8. The van der Waals surface area contributed by atoms with Gasteiger partial charge >= 0.3 is 6.01 Å². The smallest absolute Gasteiger partial charge is 0.315 e. The Morgan fingerprint density at radius 3 is 2.85 bits per heavy atom. The SMILES string of the molecule is C.CC(C)Nc1nnc(-c2ccc3c(c2)c(-c2ncc(CN=O)c(C4CC4)n2)cn3SI)o1. The van der Waals surface area contributed by atoms with Gasteiger partial charge in [-0.15, -0.1) is 5.10 Å². The quantitative estimate of drug-likeness (QED) is 0.184. The zero-order chi connectivity index (χ0) is 22.2. The summed E-state index contributed by atoms with van der Waals surface area (Å²) in [5.41, 5.74) is 4.53.